The zero-order valence-electron chi connectivity index (χ0n) is 27.5. The fourth-order valence-corrected chi connectivity index (χ4v) is 6.06. The lowest BCUT2D eigenvalue weighted by atomic mass is 9.72. The molecule has 9 nitrogen and oxygen atoms in total. The average molecular weight is 528 g/mol. The predicted octanol–water partition coefficient (Wildman–Crippen LogP) is 3.24. The normalized spacial score (nSPS) is 23.4. The standard InChI is InChI=1S/C29H42N6O3/c1-6-13-33-18-21(27(36)34(28(37)30-7-2)15-10-14-32(4)5)16-23-22-11-9-12-24-26(22)20(17-25(23)33)19-35(24)29(38)31-8-3/h6,9,11-12,19,21,23,25H,1,7-8,10,13-18H2,2-5H3,(H,30,37)(H,31,38)/t21-,23-,25-/m1/s1/i3D3,8D2. The topological polar surface area (TPSA) is 89.9 Å². The summed E-state index contributed by atoms with van der Waals surface area (Å²) in [6, 6.07) is 4.31. The van der Waals surface area contributed by atoms with Gasteiger partial charge in [0.15, 0.2) is 0 Å². The van der Waals surface area contributed by atoms with Crippen LogP contribution in [-0.4, -0.2) is 96.6 Å². The van der Waals surface area contributed by atoms with Crippen LogP contribution in [0, 0.1) is 5.92 Å². The first kappa shape index (κ1) is 21.7. The second-order valence-electron chi connectivity index (χ2n) is 10.4. The molecule has 0 bridgehead atoms. The Hall–Kier alpha value is -3.17. The summed E-state index contributed by atoms with van der Waals surface area (Å²) in [5.74, 6) is -0.708. The van der Waals surface area contributed by atoms with E-state index in [1.165, 1.54) is 9.47 Å². The lowest BCUT2D eigenvalue weighted by molar-refractivity contribution is -0.135. The van der Waals surface area contributed by atoms with Gasteiger partial charge < -0.3 is 15.5 Å². The largest absolute Gasteiger partial charge is 0.338 e. The molecule has 2 heterocycles. The second-order valence-corrected chi connectivity index (χ2v) is 10.4. The van der Waals surface area contributed by atoms with Gasteiger partial charge in [-0.05, 0) is 70.9 Å². The minimum Gasteiger partial charge on any atom is -0.338 e. The van der Waals surface area contributed by atoms with Crippen molar-refractivity contribution in [2.75, 3.05) is 53.3 Å². The number of benzene rings is 1. The van der Waals surface area contributed by atoms with E-state index in [9.17, 15) is 14.4 Å². The smallest absolute Gasteiger partial charge is 0.326 e. The Kier molecular flexibility index (Phi) is 6.94. The van der Waals surface area contributed by atoms with Crippen molar-refractivity contribution in [1.82, 2.24) is 29.9 Å². The molecule has 0 saturated carbocycles. The quantitative estimate of drug-likeness (QED) is 0.489. The summed E-state index contributed by atoms with van der Waals surface area (Å²) in [6.07, 6.45) is 5.22. The molecule has 1 aliphatic carbocycles. The van der Waals surface area contributed by atoms with Gasteiger partial charge in [-0.15, -0.1) is 6.58 Å². The zero-order chi connectivity index (χ0) is 31.7. The maximum absolute atomic E-state index is 14.0. The SMILES string of the molecule is [2H]C([2H])([2H])C([2H])([2H])NC(=O)n1cc2c3c(cccc31)[C@H]1C[C@@H](C(=O)N(CCCN(C)C)C(=O)NCC)CN(CC=C)[C@@H]1C2. The molecule has 38 heavy (non-hydrogen) atoms. The van der Waals surface area contributed by atoms with Crippen molar-refractivity contribution in [3.8, 4) is 0 Å². The van der Waals surface area contributed by atoms with Crippen LogP contribution in [0.1, 0.15) is 50.5 Å². The third-order valence-corrected chi connectivity index (χ3v) is 7.62. The summed E-state index contributed by atoms with van der Waals surface area (Å²) in [4.78, 5) is 45.7. The van der Waals surface area contributed by atoms with Crippen LogP contribution in [0.25, 0.3) is 10.9 Å². The minimum atomic E-state index is -3.04. The highest BCUT2D eigenvalue weighted by Gasteiger charge is 2.44. The zero-order valence-corrected chi connectivity index (χ0v) is 22.5. The van der Waals surface area contributed by atoms with E-state index in [0.29, 0.717) is 51.0 Å². The van der Waals surface area contributed by atoms with Crippen LogP contribution in [0.2, 0.25) is 0 Å². The van der Waals surface area contributed by atoms with Gasteiger partial charge in [0.25, 0.3) is 0 Å². The van der Waals surface area contributed by atoms with Crippen LogP contribution in [0.5, 0.6) is 0 Å². The summed E-state index contributed by atoms with van der Waals surface area (Å²) < 4.78 is 39.4. The molecule has 2 N–H and O–H groups in total. The minimum absolute atomic E-state index is 0.0135. The van der Waals surface area contributed by atoms with Crippen LogP contribution in [0.4, 0.5) is 9.59 Å². The maximum Gasteiger partial charge on any atom is 0.326 e. The van der Waals surface area contributed by atoms with Crippen molar-refractivity contribution in [2.24, 2.45) is 5.92 Å². The van der Waals surface area contributed by atoms with Crippen molar-refractivity contribution < 1.29 is 21.2 Å². The number of nitrogens with one attached hydrogen (secondary N) is 2. The Morgan fingerprint density at radius 1 is 1.26 bits per heavy atom. The molecule has 9 heteroatoms. The molecule has 4 amide bonds. The van der Waals surface area contributed by atoms with Gasteiger partial charge in [0.2, 0.25) is 5.91 Å². The molecule has 0 unspecified atom stereocenters. The van der Waals surface area contributed by atoms with E-state index in [1.54, 1.807) is 18.3 Å². The van der Waals surface area contributed by atoms with Crippen molar-refractivity contribution in [2.45, 2.75) is 45.0 Å². The molecule has 1 fully saturated rings. The van der Waals surface area contributed by atoms with E-state index in [4.69, 9.17) is 6.85 Å². The molecule has 206 valence electrons. The molecule has 4 rings (SSSR count). The number of hydrogen-bond donors (Lipinski definition) is 2. The van der Waals surface area contributed by atoms with Gasteiger partial charge in [-0.3, -0.25) is 19.2 Å². The van der Waals surface area contributed by atoms with E-state index in [2.05, 4.69) is 16.8 Å². The first-order valence-electron chi connectivity index (χ1n) is 15.7. The van der Waals surface area contributed by atoms with E-state index in [-0.39, 0.29) is 17.9 Å². The Labute approximate surface area is 232 Å². The molecule has 1 aromatic heterocycles. The number of carbonyl (C=O) groups is 3. The fourth-order valence-electron chi connectivity index (χ4n) is 6.06. The third-order valence-electron chi connectivity index (χ3n) is 7.62. The molecule has 1 saturated heterocycles. The summed E-state index contributed by atoms with van der Waals surface area (Å²) in [6.45, 7) is 2.27. The van der Waals surface area contributed by atoms with Crippen molar-refractivity contribution >= 4 is 28.9 Å². The number of likely N-dealkylation sites (tertiary alicyclic amines) is 1. The number of fused-ring (bicyclic) bond motifs is 2. The number of nitrogens with zero attached hydrogens (tertiary/aromatic N) is 4. The van der Waals surface area contributed by atoms with Gasteiger partial charge in [-0.1, -0.05) is 18.2 Å². The van der Waals surface area contributed by atoms with E-state index >= 15 is 0 Å². The molecule has 0 spiro atoms. The summed E-state index contributed by atoms with van der Waals surface area (Å²) in [7, 11) is 3.90. The predicted molar refractivity (Wildman–Crippen MR) is 150 cm³/mol. The Morgan fingerprint density at radius 3 is 2.79 bits per heavy atom. The number of aromatic nitrogens is 1. The monoisotopic (exact) mass is 527 g/mol. The highest BCUT2D eigenvalue weighted by Crippen LogP contribution is 2.45. The number of hydrogen-bond acceptors (Lipinski definition) is 5. The van der Waals surface area contributed by atoms with Crippen molar-refractivity contribution in [1.29, 1.82) is 0 Å². The molecule has 2 aliphatic rings. The van der Waals surface area contributed by atoms with Crippen molar-refractivity contribution in [3.05, 3.63) is 48.2 Å². The van der Waals surface area contributed by atoms with Crippen LogP contribution >= 0.6 is 0 Å². The van der Waals surface area contributed by atoms with Gasteiger partial charge >= 0.3 is 12.1 Å². The maximum atomic E-state index is 14.0. The molecular formula is C29H42N6O3. The summed E-state index contributed by atoms with van der Waals surface area (Å²) in [5.41, 5.74) is 2.40. The van der Waals surface area contributed by atoms with Crippen molar-refractivity contribution in [3.63, 3.8) is 0 Å². The highest BCUT2D eigenvalue weighted by atomic mass is 16.2. The number of urea groups is 1. The second kappa shape index (κ2) is 12.1. The lowest BCUT2D eigenvalue weighted by Gasteiger charge is -2.47. The van der Waals surface area contributed by atoms with Gasteiger partial charge in [0, 0.05) is 63.1 Å². The third kappa shape index (κ3) is 5.49. The van der Waals surface area contributed by atoms with E-state index in [0.717, 1.165) is 23.1 Å². The average Bonchev–Trinajstić information content (AvgIpc) is 3.30. The first-order chi connectivity index (χ1) is 20.2. The van der Waals surface area contributed by atoms with Gasteiger partial charge in [0.1, 0.15) is 0 Å². The number of rotatable bonds is 9. The number of amides is 4. The molecule has 0 radical (unpaired) electrons. The Bertz CT molecular complexity index is 1370. The molecular weight excluding hydrogens is 480 g/mol. The first-order valence-corrected chi connectivity index (χ1v) is 13.2. The Balaban J connectivity index is 1.68. The van der Waals surface area contributed by atoms with Gasteiger partial charge in [0.05, 0.1) is 11.4 Å². The van der Waals surface area contributed by atoms with Gasteiger partial charge in [-0.25, -0.2) is 9.59 Å². The number of piperidine rings is 1. The van der Waals surface area contributed by atoms with Gasteiger partial charge in [-0.2, -0.15) is 0 Å². The molecule has 1 aromatic carbocycles. The number of imide groups is 1. The van der Waals surface area contributed by atoms with E-state index < -0.39 is 31.3 Å². The number of carbonyl (C=O) groups excluding carboxylic acids is 3. The Morgan fingerprint density at radius 2 is 2.08 bits per heavy atom. The van der Waals surface area contributed by atoms with Crippen LogP contribution in [0.3, 0.4) is 0 Å². The lowest BCUT2D eigenvalue weighted by Crippen LogP contribution is -2.55. The molecule has 3 atom stereocenters. The van der Waals surface area contributed by atoms with Crippen LogP contribution in [0.15, 0.2) is 37.1 Å². The highest BCUT2D eigenvalue weighted by molar-refractivity contribution is 5.97. The summed E-state index contributed by atoms with van der Waals surface area (Å²) >= 11 is 0. The molecule has 2 aromatic rings. The van der Waals surface area contributed by atoms with Crippen LogP contribution < -0.4 is 10.6 Å². The molecule has 1 aliphatic heterocycles. The van der Waals surface area contributed by atoms with Crippen LogP contribution in [-0.2, 0) is 11.2 Å². The van der Waals surface area contributed by atoms with E-state index in [1.807, 2.05) is 43.4 Å². The fraction of sp³-hybridized carbons (Fsp3) is 0.552. The summed E-state index contributed by atoms with van der Waals surface area (Å²) in [5, 5.41) is 5.67.